The maximum absolute atomic E-state index is 11.7. The molecule has 1 aromatic carbocycles. The summed E-state index contributed by atoms with van der Waals surface area (Å²) in [6.45, 7) is 0.832. The number of halogens is 1. The highest BCUT2D eigenvalue weighted by Gasteiger charge is 2.14. The van der Waals surface area contributed by atoms with Crippen molar-refractivity contribution < 1.29 is 4.79 Å². The number of hydrogen-bond acceptors (Lipinski definition) is 1. The number of rotatable bonds is 6. The monoisotopic (exact) mass is 279 g/mol. The van der Waals surface area contributed by atoms with E-state index in [2.05, 4.69) is 5.32 Å². The Morgan fingerprint density at radius 1 is 1.32 bits per heavy atom. The van der Waals surface area contributed by atoms with Crippen LogP contribution in [0.4, 0.5) is 0 Å². The number of aryl methyl sites for hydroxylation is 1. The van der Waals surface area contributed by atoms with Crippen molar-refractivity contribution in [2.24, 2.45) is 5.92 Å². The molecule has 0 saturated heterocycles. The Bertz CT molecular complexity index is 413. The van der Waals surface area contributed by atoms with Crippen LogP contribution in [0.15, 0.2) is 24.3 Å². The third-order valence-electron chi connectivity index (χ3n) is 3.88. The van der Waals surface area contributed by atoms with Crippen LogP contribution >= 0.6 is 11.6 Å². The third-order valence-corrected chi connectivity index (χ3v) is 4.11. The summed E-state index contributed by atoms with van der Waals surface area (Å²) in [6.07, 6.45) is 7.88. The molecule has 2 rings (SSSR count). The average molecular weight is 280 g/mol. The number of carbonyl (C=O) groups is 1. The van der Waals surface area contributed by atoms with Gasteiger partial charge in [0.1, 0.15) is 0 Å². The molecule has 1 aliphatic rings. The first-order valence-corrected chi connectivity index (χ1v) is 7.63. The summed E-state index contributed by atoms with van der Waals surface area (Å²) in [4.78, 5) is 11.7. The molecule has 1 aliphatic carbocycles. The van der Waals surface area contributed by atoms with E-state index in [1.807, 2.05) is 24.3 Å². The van der Waals surface area contributed by atoms with Crippen LogP contribution < -0.4 is 5.32 Å². The zero-order valence-corrected chi connectivity index (χ0v) is 12.1. The molecule has 0 bridgehead atoms. The van der Waals surface area contributed by atoms with E-state index in [1.54, 1.807) is 0 Å². The molecule has 0 aliphatic heterocycles. The van der Waals surface area contributed by atoms with E-state index in [-0.39, 0.29) is 5.91 Å². The van der Waals surface area contributed by atoms with Crippen molar-refractivity contribution >= 4 is 17.5 Å². The summed E-state index contributed by atoms with van der Waals surface area (Å²) in [5.74, 6) is 0.992. The summed E-state index contributed by atoms with van der Waals surface area (Å²) < 4.78 is 0. The topological polar surface area (TPSA) is 29.1 Å². The lowest BCUT2D eigenvalue weighted by Gasteiger charge is -2.09. The van der Waals surface area contributed by atoms with Crippen LogP contribution in [0.3, 0.4) is 0 Å². The van der Waals surface area contributed by atoms with Gasteiger partial charge in [-0.1, -0.05) is 49.4 Å². The summed E-state index contributed by atoms with van der Waals surface area (Å²) in [6, 6.07) is 7.72. The molecule has 0 aromatic heterocycles. The van der Waals surface area contributed by atoms with Gasteiger partial charge in [-0.05, 0) is 36.5 Å². The highest BCUT2D eigenvalue weighted by Crippen LogP contribution is 2.26. The lowest BCUT2D eigenvalue weighted by molar-refractivity contribution is -0.121. The van der Waals surface area contributed by atoms with Crippen molar-refractivity contribution in [1.82, 2.24) is 5.32 Å². The van der Waals surface area contributed by atoms with E-state index in [0.717, 1.165) is 35.9 Å². The number of amides is 1. The highest BCUT2D eigenvalue weighted by molar-refractivity contribution is 6.30. The molecular formula is C16H22ClNO. The van der Waals surface area contributed by atoms with Gasteiger partial charge in [0.15, 0.2) is 0 Å². The maximum Gasteiger partial charge on any atom is 0.220 e. The van der Waals surface area contributed by atoms with Gasteiger partial charge in [0.05, 0.1) is 0 Å². The van der Waals surface area contributed by atoms with Gasteiger partial charge in [-0.25, -0.2) is 0 Å². The molecule has 1 amide bonds. The molecule has 1 saturated carbocycles. The largest absolute Gasteiger partial charge is 0.356 e. The smallest absolute Gasteiger partial charge is 0.220 e. The van der Waals surface area contributed by atoms with Crippen LogP contribution in [0.2, 0.25) is 5.02 Å². The van der Waals surface area contributed by atoms with E-state index in [0.29, 0.717) is 6.42 Å². The lowest BCUT2D eigenvalue weighted by Crippen LogP contribution is -2.25. The van der Waals surface area contributed by atoms with E-state index in [4.69, 9.17) is 11.6 Å². The Kier molecular flexibility index (Phi) is 5.71. The standard InChI is InChI=1S/C16H22ClNO/c17-15-7-3-6-14(12-15)8-9-16(19)18-11-10-13-4-1-2-5-13/h3,6-7,12-13H,1-2,4-5,8-11H2,(H,18,19). The van der Waals surface area contributed by atoms with Crippen molar-refractivity contribution in [1.29, 1.82) is 0 Å². The van der Waals surface area contributed by atoms with Gasteiger partial charge in [0, 0.05) is 18.0 Å². The first-order valence-electron chi connectivity index (χ1n) is 7.25. The molecule has 1 N–H and O–H groups in total. The van der Waals surface area contributed by atoms with Crippen LogP contribution in [0, 0.1) is 5.92 Å². The molecule has 2 nitrogen and oxygen atoms in total. The molecule has 19 heavy (non-hydrogen) atoms. The molecule has 3 heteroatoms. The predicted octanol–water partition coefficient (Wildman–Crippen LogP) is 3.97. The molecule has 1 fully saturated rings. The molecule has 104 valence electrons. The molecule has 0 atom stereocenters. The number of nitrogens with one attached hydrogen (secondary N) is 1. The first-order chi connectivity index (χ1) is 9.24. The Labute approximate surface area is 120 Å². The third kappa shape index (κ3) is 5.23. The van der Waals surface area contributed by atoms with Crippen molar-refractivity contribution in [2.75, 3.05) is 6.54 Å². The van der Waals surface area contributed by atoms with Crippen molar-refractivity contribution in [3.8, 4) is 0 Å². The number of carbonyl (C=O) groups excluding carboxylic acids is 1. The first kappa shape index (κ1) is 14.4. The van der Waals surface area contributed by atoms with Crippen LogP contribution in [-0.2, 0) is 11.2 Å². The van der Waals surface area contributed by atoms with E-state index < -0.39 is 0 Å². The van der Waals surface area contributed by atoms with Gasteiger partial charge >= 0.3 is 0 Å². The Morgan fingerprint density at radius 3 is 2.84 bits per heavy atom. The summed E-state index contributed by atoms with van der Waals surface area (Å²) in [5.41, 5.74) is 1.12. The quantitative estimate of drug-likeness (QED) is 0.839. The Morgan fingerprint density at radius 2 is 2.11 bits per heavy atom. The minimum atomic E-state index is 0.151. The van der Waals surface area contributed by atoms with E-state index >= 15 is 0 Å². The van der Waals surface area contributed by atoms with Gasteiger partial charge in [-0.2, -0.15) is 0 Å². The fourth-order valence-corrected chi connectivity index (χ4v) is 2.97. The molecule has 0 spiro atoms. The van der Waals surface area contributed by atoms with Gasteiger partial charge < -0.3 is 5.32 Å². The summed E-state index contributed by atoms with van der Waals surface area (Å²) >= 11 is 5.92. The predicted molar refractivity (Wildman–Crippen MR) is 79.4 cm³/mol. The van der Waals surface area contributed by atoms with Crippen molar-refractivity contribution in [2.45, 2.75) is 44.9 Å². The molecular weight excluding hydrogens is 258 g/mol. The van der Waals surface area contributed by atoms with Gasteiger partial charge in [-0.15, -0.1) is 0 Å². The average Bonchev–Trinajstić information content (AvgIpc) is 2.90. The molecule has 1 aromatic rings. The van der Waals surface area contributed by atoms with Gasteiger partial charge in [0.25, 0.3) is 0 Å². The second kappa shape index (κ2) is 7.54. The summed E-state index contributed by atoms with van der Waals surface area (Å²) in [7, 11) is 0. The Hall–Kier alpha value is -1.02. The van der Waals surface area contributed by atoms with Crippen LogP contribution in [-0.4, -0.2) is 12.5 Å². The van der Waals surface area contributed by atoms with Crippen molar-refractivity contribution in [3.63, 3.8) is 0 Å². The summed E-state index contributed by atoms with van der Waals surface area (Å²) in [5, 5.41) is 3.76. The molecule has 0 unspecified atom stereocenters. The second-order valence-electron chi connectivity index (χ2n) is 5.42. The molecule has 0 heterocycles. The van der Waals surface area contributed by atoms with Gasteiger partial charge in [0.2, 0.25) is 5.91 Å². The second-order valence-corrected chi connectivity index (χ2v) is 5.86. The maximum atomic E-state index is 11.7. The van der Waals surface area contributed by atoms with E-state index in [1.165, 1.54) is 25.7 Å². The van der Waals surface area contributed by atoms with Crippen LogP contribution in [0.1, 0.15) is 44.1 Å². The Balaban J connectivity index is 1.61. The van der Waals surface area contributed by atoms with Crippen LogP contribution in [0.5, 0.6) is 0 Å². The SMILES string of the molecule is O=C(CCc1cccc(Cl)c1)NCCC1CCCC1. The highest BCUT2D eigenvalue weighted by atomic mass is 35.5. The molecule has 0 radical (unpaired) electrons. The van der Waals surface area contributed by atoms with Gasteiger partial charge in [-0.3, -0.25) is 4.79 Å². The fraction of sp³-hybridized carbons (Fsp3) is 0.562. The van der Waals surface area contributed by atoms with Crippen molar-refractivity contribution in [3.05, 3.63) is 34.9 Å². The normalized spacial score (nSPS) is 15.6. The zero-order valence-electron chi connectivity index (χ0n) is 11.3. The minimum Gasteiger partial charge on any atom is -0.356 e. The van der Waals surface area contributed by atoms with Crippen LogP contribution in [0.25, 0.3) is 0 Å². The number of hydrogen-bond donors (Lipinski definition) is 1. The number of benzene rings is 1. The zero-order chi connectivity index (χ0) is 13.5. The lowest BCUT2D eigenvalue weighted by atomic mass is 10.0. The minimum absolute atomic E-state index is 0.151. The van der Waals surface area contributed by atoms with E-state index in [9.17, 15) is 4.79 Å². The fourth-order valence-electron chi connectivity index (χ4n) is 2.75.